The van der Waals surface area contributed by atoms with Crippen molar-refractivity contribution < 1.29 is 23.5 Å². The van der Waals surface area contributed by atoms with Crippen molar-refractivity contribution in [3.8, 4) is 0 Å². The zero-order chi connectivity index (χ0) is 21.9. The van der Waals surface area contributed by atoms with Gasteiger partial charge in [-0.15, -0.1) is 0 Å². The Bertz CT molecular complexity index is 916. The number of ketones is 1. The first-order valence-electron chi connectivity index (χ1n) is 9.58. The molecule has 156 valence electrons. The first-order chi connectivity index (χ1) is 13.6. The van der Waals surface area contributed by atoms with Gasteiger partial charge in [-0.25, -0.2) is 9.18 Å². The van der Waals surface area contributed by atoms with E-state index in [1.54, 1.807) is 27.7 Å². The first-order valence-corrected chi connectivity index (χ1v) is 9.58. The van der Waals surface area contributed by atoms with Crippen LogP contribution in [0.5, 0.6) is 0 Å². The van der Waals surface area contributed by atoms with E-state index < -0.39 is 17.8 Å². The smallest absolute Gasteiger partial charge is 0.355 e. The molecule has 0 aliphatic carbocycles. The zero-order valence-corrected chi connectivity index (χ0v) is 17.6. The molecule has 7 heteroatoms. The summed E-state index contributed by atoms with van der Waals surface area (Å²) in [7, 11) is 0. The molecule has 1 heterocycles. The lowest BCUT2D eigenvalue weighted by atomic mass is 9.98. The number of carbonyl (C=O) groups excluding carboxylic acids is 3. The van der Waals surface area contributed by atoms with Crippen LogP contribution in [0.1, 0.15) is 70.2 Å². The van der Waals surface area contributed by atoms with E-state index in [1.165, 1.54) is 29.2 Å². The molecule has 2 aromatic rings. The van der Waals surface area contributed by atoms with E-state index in [1.807, 2.05) is 13.8 Å². The summed E-state index contributed by atoms with van der Waals surface area (Å²) in [4.78, 5) is 42.8. The molecule has 0 bridgehead atoms. The van der Waals surface area contributed by atoms with Crippen LogP contribution in [0.25, 0.3) is 0 Å². The van der Waals surface area contributed by atoms with Gasteiger partial charge >= 0.3 is 5.97 Å². The average molecular weight is 402 g/mol. The lowest BCUT2D eigenvalue weighted by Gasteiger charge is -2.32. The van der Waals surface area contributed by atoms with Crippen LogP contribution in [0, 0.1) is 19.7 Å². The van der Waals surface area contributed by atoms with Gasteiger partial charge in [-0.05, 0) is 71.4 Å². The van der Waals surface area contributed by atoms with E-state index in [0.29, 0.717) is 22.4 Å². The summed E-state index contributed by atoms with van der Waals surface area (Å²) >= 11 is 0. The Balaban J connectivity index is 2.39. The predicted molar refractivity (Wildman–Crippen MR) is 108 cm³/mol. The summed E-state index contributed by atoms with van der Waals surface area (Å²) in [6, 6.07) is 4.17. The quantitative estimate of drug-likeness (QED) is 0.559. The Morgan fingerprint density at radius 3 is 2.21 bits per heavy atom. The van der Waals surface area contributed by atoms with Crippen molar-refractivity contribution in [2.45, 2.75) is 53.6 Å². The third-order valence-electron chi connectivity index (χ3n) is 4.84. The van der Waals surface area contributed by atoms with Crippen LogP contribution >= 0.6 is 0 Å². The largest absolute Gasteiger partial charge is 0.461 e. The van der Waals surface area contributed by atoms with Gasteiger partial charge in [0.15, 0.2) is 5.78 Å². The number of aromatic nitrogens is 1. The molecule has 0 unspecified atom stereocenters. The Kier molecular flexibility index (Phi) is 6.95. The first kappa shape index (κ1) is 22.3. The fraction of sp³-hybridized carbons (Fsp3) is 0.409. The van der Waals surface area contributed by atoms with Crippen LogP contribution in [0.15, 0.2) is 24.3 Å². The minimum Gasteiger partial charge on any atom is -0.461 e. The third kappa shape index (κ3) is 4.55. The average Bonchev–Trinajstić information content (AvgIpc) is 2.96. The summed E-state index contributed by atoms with van der Waals surface area (Å²) in [6.07, 6.45) is 0. The molecule has 0 fully saturated rings. The Morgan fingerprint density at radius 1 is 1.10 bits per heavy atom. The number of benzene rings is 1. The summed E-state index contributed by atoms with van der Waals surface area (Å²) in [5.74, 6) is -1.61. The molecule has 1 atom stereocenters. The molecular weight excluding hydrogens is 375 g/mol. The van der Waals surface area contributed by atoms with Gasteiger partial charge in [0.25, 0.3) is 5.91 Å². The molecule has 0 aliphatic rings. The summed E-state index contributed by atoms with van der Waals surface area (Å²) in [5.41, 5.74) is 1.95. The van der Waals surface area contributed by atoms with Crippen molar-refractivity contribution in [2.24, 2.45) is 0 Å². The Hall–Kier alpha value is -2.96. The predicted octanol–water partition coefficient (Wildman–Crippen LogP) is 4.07. The number of amides is 1. The highest BCUT2D eigenvalue weighted by atomic mass is 19.1. The van der Waals surface area contributed by atoms with Crippen LogP contribution in [-0.2, 0) is 4.74 Å². The van der Waals surface area contributed by atoms with Gasteiger partial charge < -0.3 is 14.6 Å². The number of nitrogens with one attached hydrogen (secondary N) is 1. The zero-order valence-electron chi connectivity index (χ0n) is 17.6. The van der Waals surface area contributed by atoms with Gasteiger partial charge in [-0.1, -0.05) is 0 Å². The minimum atomic E-state index is -0.782. The number of esters is 1. The van der Waals surface area contributed by atoms with E-state index in [0.717, 1.165) is 0 Å². The fourth-order valence-electron chi connectivity index (χ4n) is 3.46. The number of nitrogens with zero attached hydrogens (tertiary/aromatic N) is 1. The van der Waals surface area contributed by atoms with Gasteiger partial charge in [-0.2, -0.15) is 0 Å². The molecule has 0 spiro atoms. The number of hydrogen-bond acceptors (Lipinski definition) is 4. The molecule has 0 aliphatic heterocycles. The molecular formula is C22H27FN2O4. The molecule has 6 nitrogen and oxygen atoms in total. The number of carbonyl (C=O) groups is 3. The maximum Gasteiger partial charge on any atom is 0.355 e. The molecule has 1 amide bonds. The number of aromatic amines is 1. The molecule has 1 aromatic heterocycles. The molecule has 0 saturated heterocycles. The lowest BCUT2D eigenvalue weighted by molar-refractivity contribution is 0.0518. The fourth-order valence-corrected chi connectivity index (χ4v) is 3.46. The number of Topliss-reactive ketones (excluding diaryl/α,β-unsaturated/α-hetero) is 1. The van der Waals surface area contributed by atoms with Crippen LogP contribution in [0.2, 0.25) is 0 Å². The van der Waals surface area contributed by atoms with Crippen molar-refractivity contribution >= 4 is 17.7 Å². The second-order valence-corrected chi connectivity index (χ2v) is 7.20. The van der Waals surface area contributed by atoms with E-state index in [4.69, 9.17) is 4.74 Å². The van der Waals surface area contributed by atoms with Crippen LogP contribution < -0.4 is 0 Å². The van der Waals surface area contributed by atoms with E-state index in [9.17, 15) is 18.8 Å². The molecule has 0 radical (unpaired) electrons. The number of ether oxygens (including phenoxy) is 1. The van der Waals surface area contributed by atoms with Gasteiger partial charge in [0.2, 0.25) is 0 Å². The van der Waals surface area contributed by atoms with Gasteiger partial charge in [0.05, 0.1) is 12.6 Å². The van der Waals surface area contributed by atoms with Crippen LogP contribution in [0.3, 0.4) is 0 Å². The van der Waals surface area contributed by atoms with E-state index in [2.05, 4.69) is 4.98 Å². The van der Waals surface area contributed by atoms with Crippen molar-refractivity contribution in [1.82, 2.24) is 9.88 Å². The normalized spacial score (nSPS) is 12.0. The molecule has 0 saturated carbocycles. The highest BCUT2D eigenvalue weighted by Crippen LogP contribution is 2.24. The second-order valence-electron chi connectivity index (χ2n) is 7.20. The van der Waals surface area contributed by atoms with Gasteiger partial charge in [0.1, 0.15) is 11.5 Å². The van der Waals surface area contributed by atoms with Gasteiger partial charge in [0, 0.05) is 22.9 Å². The molecule has 29 heavy (non-hydrogen) atoms. The number of aryl methyl sites for hydroxylation is 1. The van der Waals surface area contributed by atoms with Crippen molar-refractivity contribution in [1.29, 1.82) is 0 Å². The second kappa shape index (κ2) is 9.03. The number of halogens is 1. The van der Waals surface area contributed by atoms with E-state index in [-0.39, 0.29) is 30.0 Å². The molecule has 1 aromatic carbocycles. The minimum absolute atomic E-state index is 0.226. The number of hydrogen-bond donors (Lipinski definition) is 1. The van der Waals surface area contributed by atoms with Crippen LogP contribution in [-0.4, -0.2) is 46.2 Å². The Labute approximate surface area is 170 Å². The SMILES string of the molecule is CCOC(=O)c1[nH]c(C)c(C(=O)[C@@H](C)N(C(=O)c2ccc(F)cc2)C(C)C)c1C. The topological polar surface area (TPSA) is 79.5 Å². The number of H-pyrrole nitrogens is 1. The summed E-state index contributed by atoms with van der Waals surface area (Å²) in [5, 5.41) is 0. The standard InChI is InChI=1S/C22H27FN2O4/c1-7-29-22(28)19-13(4)18(14(5)24-19)20(26)15(6)25(12(2)3)21(27)16-8-10-17(23)11-9-16/h8-12,15,24H,7H2,1-6H3/t15-/m1/s1. The molecule has 1 N–H and O–H groups in total. The van der Waals surface area contributed by atoms with Crippen molar-refractivity contribution in [3.05, 3.63) is 58.2 Å². The van der Waals surface area contributed by atoms with Crippen molar-refractivity contribution in [3.63, 3.8) is 0 Å². The highest BCUT2D eigenvalue weighted by Gasteiger charge is 2.33. The summed E-state index contributed by atoms with van der Waals surface area (Å²) in [6.45, 7) is 10.6. The lowest BCUT2D eigenvalue weighted by Crippen LogP contribution is -2.47. The highest BCUT2D eigenvalue weighted by molar-refractivity contribution is 6.07. The number of rotatable bonds is 7. The van der Waals surface area contributed by atoms with E-state index >= 15 is 0 Å². The Morgan fingerprint density at radius 2 is 1.69 bits per heavy atom. The molecule has 2 rings (SSSR count). The van der Waals surface area contributed by atoms with Crippen LogP contribution in [0.4, 0.5) is 4.39 Å². The summed E-state index contributed by atoms with van der Waals surface area (Å²) < 4.78 is 18.2. The maximum absolute atomic E-state index is 13.3. The van der Waals surface area contributed by atoms with Gasteiger partial charge in [-0.3, -0.25) is 9.59 Å². The monoisotopic (exact) mass is 402 g/mol. The third-order valence-corrected chi connectivity index (χ3v) is 4.84. The van der Waals surface area contributed by atoms with Crippen molar-refractivity contribution in [2.75, 3.05) is 6.61 Å². The maximum atomic E-state index is 13.3.